The van der Waals surface area contributed by atoms with Crippen molar-refractivity contribution in [3.63, 3.8) is 0 Å². The highest BCUT2D eigenvalue weighted by Gasteiger charge is 2.69. The zero-order valence-corrected chi connectivity index (χ0v) is 23.7. The van der Waals surface area contributed by atoms with E-state index in [1.807, 2.05) is 0 Å². The van der Waals surface area contributed by atoms with Crippen LogP contribution in [0.4, 0.5) is 0 Å². The first kappa shape index (κ1) is 24.9. The fourth-order valence-electron chi connectivity index (χ4n) is 11.7. The molecule has 0 bridgehead atoms. The van der Waals surface area contributed by atoms with Crippen molar-refractivity contribution >= 4 is 5.97 Å². The molecule has 4 fully saturated rings. The average Bonchev–Trinajstić information content (AvgIpc) is 2.74. The molecule has 0 spiro atoms. The van der Waals surface area contributed by atoms with Gasteiger partial charge >= 0.3 is 5.97 Å². The van der Waals surface area contributed by atoms with Crippen molar-refractivity contribution in [3.05, 3.63) is 11.6 Å². The molecule has 0 aromatic rings. The van der Waals surface area contributed by atoms with Gasteiger partial charge in [-0.1, -0.05) is 60.1 Å². The maximum absolute atomic E-state index is 11.9. The number of esters is 1. The molecular formula is C32H52O2. The minimum Gasteiger partial charge on any atom is -0.462 e. The molecule has 34 heavy (non-hydrogen) atoms. The van der Waals surface area contributed by atoms with E-state index in [1.165, 1.54) is 51.4 Å². The number of carbonyl (C=O) groups is 1. The standard InChI is InChI=1S/C32H52O2/c1-20-12-15-29(6)18-19-31(8)23(27(29)21(20)2)10-11-25-30(7)16-14-26(34-22(3)33)28(4,5)24(30)13-17-32(25,31)9/h12,21,23-27H,10-11,13-19H2,1-9H3/t21-,23?,24+,25-,26+,27-,29-,30+,31-,32-/m1/s1. The number of ether oxygens (including phenoxy) is 1. The van der Waals surface area contributed by atoms with Crippen molar-refractivity contribution in [2.45, 2.75) is 126 Å². The van der Waals surface area contributed by atoms with E-state index in [1.54, 1.807) is 12.5 Å². The predicted molar refractivity (Wildman–Crippen MR) is 140 cm³/mol. The van der Waals surface area contributed by atoms with E-state index in [0.717, 1.165) is 30.1 Å². The minimum absolute atomic E-state index is 0.0582. The van der Waals surface area contributed by atoms with Crippen LogP contribution in [0.3, 0.4) is 0 Å². The Labute approximate surface area is 210 Å². The highest BCUT2D eigenvalue weighted by molar-refractivity contribution is 5.66. The fraction of sp³-hybridized carbons (Fsp3) is 0.906. The Bertz CT molecular complexity index is 885. The lowest BCUT2D eigenvalue weighted by molar-refractivity contribution is -0.252. The van der Waals surface area contributed by atoms with Crippen LogP contribution < -0.4 is 0 Å². The normalized spacial score (nSPS) is 54.0. The van der Waals surface area contributed by atoms with E-state index < -0.39 is 0 Å². The summed E-state index contributed by atoms with van der Waals surface area (Å²) >= 11 is 0. The Kier molecular flexibility index (Phi) is 5.57. The van der Waals surface area contributed by atoms with Crippen molar-refractivity contribution in [1.29, 1.82) is 0 Å². The molecule has 4 saturated carbocycles. The summed E-state index contributed by atoms with van der Waals surface area (Å²) in [6.45, 7) is 22.1. The van der Waals surface area contributed by atoms with Gasteiger partial charge in [0, 0.05) is 12.3 Å². The molecule has 0 aliphatic heterocycles. The van der Waals surface area contributed by atoms with Gasteiger partial charge in [-0.2, -0.15) is 0 Å². The van der Waals surface area contributed by atoms with Crippen LogP contribution in [0.15, 0.2) is 11.6 Å². The lowest BCUT2D eigenvalue weighted by atomic mass is 9.31. The van der Waals surface area contributed by atoms with Crippen molar-refractivity contribution in [1.82, 2.24) is 0 Å². The Balaban J connectivity index is 1.50. The number of allylic oxidation sites excluding steroid dienone is 2. The number of rotatable bonds is 1. The van der Waals surface area contributed by atoms with Crippen LogP contribution in [0.2, 0.25) is 0 Å². The highest BCUT2D eigenvalue weighted by atomic mass is 16.5. The zero-order chi connectivity index (χ0) is 24.9. The smallest absolute Gasteiger partial charge is 0.302 e. The van der Waals surface area contributed by atoms with Gasteiger partial charge < -0.3 is 4.74 Å². The predicted octanol–water partition coefficient (Wildman–Crippen LogP) is 8.60. The average molecular weight is 469 g/mol. The van der Waals surface area contributed by atoms with Gasteiger partial charge in [-0.05, 0) is 116 Å². The molecule has 5 rings (SSSR count). The van der Waals surface area contributed by atoms with Crippen LogP contribution in [-0.4, -0.2) is 12.1 Å². The Morgan fingerprint density at radius 3 is 2.26 bits per heavy atom. The minimum atomic E-state index is -0.105. The lowest BCUT2D eigenvalue weighted by Gasteiger charge is -2.73. The van der Waals surface area contributed by atoms with Gasteiger partial charge in [0.2, 0.25) is 0 Å². The molecule has 5 aliphatic carbocycles. The number of hydrogen-bond donors (Lipinski definition) is 0. The topological polar surface area (TPSA) is 26.3 Å². The highest BCUT2D eigenvalue weighted by Crippen LogP contribution is 2.76. The van der Waals surface area contributed by atoms with Gasteiger partial charge in [0.1, 0.15) is 6.10 Å². The monoisotopic (exact) mass is 468 g/mol. The van der Waals surface area contributed by atoms with Crippen LogP contribution in [0.25, 0.3) is 0 Å². The van der Waals surface area contributed by atoms with Crippen LogP contribution in [-0.2, 0) is 9.53 Å². The van der Waals surface area contributed by atoms with Crippen LogP contribution in [0.1, 0.15) is 120 Å². The SMILES string of the molecule is CC(=O)O[C@H]1CC[C@]2(C)[C@H]3CCC4[C@H]5[C@H](C)C(C)=CC[C@]5(C)CC[C@@]4(C)[C@]3(C)CC[C@H]2C1(C)C. The second kappa shape index (κ2) is 7.61. The summed E-state index contributed by atoms with van der Waals surface area (Å²) in [5.41, 5.74) is 3.43. The molecular weight excluding hydrogens is 416 g/mol. The Morgan fingerprint density at radius 2 is 1.59 bits per heavy atom. The third kappa shape index (κ3) is 3.08. The molecule has 0 heterocycles. The first-order chi connectivity index (χ1) is 15.7. The lowest BCUT2D eigenvalue weighted by Crippen LogP contribution is -2.67. The van der Waals surface area contributed by atoms with Crippen LogP contribution in [0.5, 0.6) is 0 Å². The van der Waals surface area contributed by atoms with E-state index in [0.29, 0.717) is 27.6 Å². The van der Waals surface area contributed by atoms with E-state index in [4.69, 9.17) is 4.74 Å². The van der Waals surface area contributed by atoms with Crippen molar-refractivity contribution < 1.29 is 9.53 Å². The zero-order valence-electron chi connectivity index (χ0n) is 23.7. The van der Waals surface area contributed by atoms with Gasteiger partial charge in [-0.15, -0.1) is 0 Å². The van der Waals surface area contributed by atoms with E-state index in [9.17, 15) is 4.79 Å². The van der Waals surface area contributed by atoms with Crippen LogP contribution >= 0.6 is 0 Å². The first-order valence-electron chi connectivity index (χ1n) is 14.5. The molecule has 192 valence electrons. The van der Waals surface area contributed by atoms with E-state index >= 15 is 0 Å². The molecule has 10 atom stereocenters. The summed E-state index contributed by atoms with van der Waals surface area (Å²) < 4.78 is 5.92. The summed E-state index contributed by atoms with van der Waals surface area (Å²) in [4.78, 5) is 11.9. The fourth-order valence-corrected chi connectivity index (χ4v) is 11.7. The Hall–Kier alpha value is -0.790. The molecule has 0 saturated heterocycles. The van der Waals surface area contributed by atoms with Gasteiger partial charge in [0.25, 0.3) is 0 Å². The molecule has 2 nitrogen and oxygen atoms in total. The van der Waals surface area contributed by atoms with E-state index in [-0.39, 0.29) is 17.5 Å². The second-order valence-corrected chi connectivity index (χ2v) is 15.2. The summed E-state index contributed by atoms with van der Waals surface area (Å²) in [5.74, 6) is 3.76. The molecule has 0 aromatic carbocycles. The van der Waals surface area contributed by atoms with Crippen LogP contribution in [0, 0.1) is 56.7 Å². The van der Waals surface area contributed by atoms with Crippen molar-refractivity contribution in [3.8, 4) is 0 Å². The second-order valence-electron chi connectivity index (χ2n) is 15.2. The largest absolute Gasteiger partial charge is 0.462 e. The van der Waals surface area contributed by atoms with Crippen molar-refractivity contribution in [2.75, 3.05) is 0 Å². The summed E-state index contributed by atoms with van der Waals surface area (Å²) in [5, 5.41) is 0. The van der Waals surface area contributed by atoms with Gasteiger partial charge in [0.15, 0.2) is 0 Å². The first-order valence-corrected chi connectivity index (χ1v) is 14.5. The number of hydrogen-bond acceptors (Lipinski definition) is 2. The molecule has 2 heteroatoms. The van der Waals surface area contributed by atoms with Gasteiger partial charge in [-0.3, -0.25) is 4.79 Å². The summed E-state index contributed by atoms with van der Waals surface area (Å²) in [6, 6.07) is 0. The molecule has 0 aromatic heterocycles. The maximum atomic E-state index is 11.9. The molecule has 0 amide bonds. The molecule has 5 aliphatic rings. The molecule has 0 N–H and O–H groups in total. The number of carbonyl (C=O) groups excluding carboxylic acids is 1. The summed E-state index contributed by atoms with van der Waals surface area (Å²) in [6.07, 6.45) is 14.5. The van der Waals surface area contributed by atoms with Gasteiger partial charge in [-0.25, -0.2) is 0 Å². The summed E-state index contributed by atoms with van der Waals surface area (Å²) in [7, 11) is 0. The Morgan fingerprint density at radius 1 is 0.882 bits per heavy atom. The maximum Gasteiger partial charge on any atom is 0.302 e. The number of fused-ring (bicyclic) bond motifs is 7. The quantitative estimate of drug-likeness (QED) is 0.284. The molecule has 0 radical (unpaired) electrons. The van der Waals surface area contributed by atoms with Gasteiger partial charge in [0.05, 0.1) is 0 Å². The van der Waals surface area contributed by atoms with E-state index in [2.05, 4.69) is 61.5 Å². The third-order valence-electron chi connectivity index (χ3n) is 13.8. The van der Waals surface area contributed by atoms with Crippen molar-refractivity contribution in [2.24, 2.45) is 56.7 Å². The third-order valence-corrected chi connectivity index (χ3v) is 13.8. The molecule has 1 unspecified atom stereocenters.